The quantitative estimate of drug-likeness (QED) is 0.319. The van der Waals surface area contributed by atoms with Gasteiger partial charge < -0.3 is 29.9 Å². The minimum Gasteiger partial charge on any atom is -0.481 e. The van der Waals surface area contributed by atoms with E-state index in [0.717, 1.165) is 10.8 Å². The van der Waals surface area contributed by atoms with E-state index in [1.54, 1.807) is 0 Å². The summed E-state index contributed by atoms with van der Waals surface area (Å²) in [6, 6.07) is 11.7. The Morgan fingerprint density at radius 2 is 1.67 bits per heavy atom. The highest BCUT2D eigenvalue weighted by Crippen LogP contribution is 2.41. The molecule has 0 bridgehead atoms. The van der Waals surface area contributed by atoms with E-state index in [1.165, 1.54) is 0 Å². The van der Waals surface area contributed by atoms with Crippen molar-refractivity contribution in [2.24, 2.45) is 11.8 Å². The second-order valence-corrected chi connectivity index (χ2v) is 9.09. The number of carboxylic acid groups (broad SMARTS) is 1. The standard InChI is InChI=1S/C26H32O7/c27-20(26-32-23-13-16-7-5-6-8-17(16)14-24(23)33-26)12-11-19-18(21(28)15-22(19)29)9-3-1-2-4-10-25(30)31/h1,3,5-8,13-14,18-22,26-29H,2,4,9-12,15H2,(H,30,31)/b3-1-/t18-,19-,20-,21+,22-/m1/s1. The highest BCUT2D eigenvalue weighted by Gasteiger charge is 2.41. The number of allylic oxidation sites excluding steroid dienone is 2. The first-order valence-electron chi connectivity index (χ1n) is 11.7. The molecule has 1 heterocycles. The number of aliphatic hydroxyl groups is 3. The van der Waals surface area contributed by atoms with Gasteiger partial charge in [0, 0.05) is 6.42 Å². The van der Waals surface area contributed by atoms with Crippen LogP contribution in [0.25, 0.3) is 10.8 Å². The molecule has 2 aliphatic rings. The molecular formula is C26H32O7. The first-order valence-corrected chi connectivity index (χ1v) is 11.7. The molecule has 33 heavy (non-hydrogen) atoms. The Labute approximate surface area is 193 Å². The summed E-state index contributed by atoms with van der Waals surface area (Å²) < 4.78 is 11.7. The van der Waals surface area contributed by atoms with E-state index in [-0.39, 0.29) is 18.3 Å². The Kier molecular flexibility index (Phi) is 7.53. The number of aliphatic carboxylic acids is 1. The highest BCUT2D eigenvalue weighted by molar-refractivity contribution is 5.86. The van der Waals surface area contributed by atoms with Crippen LogP contribution in [0.3, 0.4) is 0 Å². The molecular weight excluding hydrogens is 424 g/mol. The van der Waals surface area contributed by atoms with Gasteiger partial charge in [-0.2, -0.15) is 0 Å². The molecule has 0 spiro atoms. The van der Waals surface area contributed by atoms with Crippen LogP contribution in [0.15, 0.2) is 48.6 Å². The van der Waals surface area contributed by atoms with Crippen LogP contribution in [0.1, 0.15) is 44.9 Å². The van der Waals surface area contributed by atoms with E-state index in [1.807, 2.05) is 48.6 Å². The van der Waals surface area contributed by atoms with Gasteiger partial charge in [0.05, 0.1) is 12.2 Å². The number of ether oxygens (including phenoxy) is 2. The largest absolute Gasteiger partial charge is 0.481 e. The summed E-state index contributed by atoms with van der Waals surface area (Å²) in [6.07, 6.45) is 4.27. The van der Waals surface area contributed by atoms with Crippen molar-refractivity contribution in [3.8, 4) is 11.5 Å². The SMILES string of the molecule is O=C(O)CCC/C=C\C[C@@H]1[C@@H](CC[C@@H](O)C2Oc3cc4ccccc4cc3O2)[C@H](O)C[C@@H]1O. The zero-order chi connectivity index (χ0) is 23.4. The van der Waals surface area contributed by atoms with E-state index in [0.29, 0.717) is 50.0 Å². The first kappa shape index (κ1) is 23.5. The van der Waals surface area contributed by atoms with Gasteiger partial charge in [-0.05, 0) is 73.3 Å². The summed E-state index contributed by atoms with van der Waals surface area (Å²) in [5.74, 6) is 0.184. The summed E-state index contributed by atoms with van der Waals surface area (Å²) in [4.78, 5) is 10.6. The number of carbonyl (C=O) groups is 1. The smallest absolute Gasteiger partial charge is 0.303 e. The maximum absolute atomic E-state index is 10.7. The van der Waals surface area contributed by atoms with Crippen molar-refractivity contribution in [2.75, 3.05) is 0 Å². The Balaban J connectivity index is 1.29. The van der Waals surface area contributed by atoms with Crippen LogP contribution in [-0.2, 0) is 4.79 Å². The summed E-state index contributed by atoms with van der Waals surface area (Å²) >= 11 is 0. The van der Waals surface area contributed by atoms with Gasteiger partial charge in [-0.3, -0.25) is 4.79 Å². The topological polar surface area (TPSA) is 116 Å². The minimum absolute atomic E-state index is 0.101. The Bertz CT molecular complexity index is 943. The zero-order valence-electron chi connectivity index (χ0n) is 18.5. The van der Waals surface area contributed by atoms with Gasteiger partial charge in [0.2, 0.25) is 0 Å². The molecule has 0 radical (unpaired) electrons. The van der Waals surface area contributed by atoms with Gasteiger partial charge >= 0.3 is 5.97 Å². The third kappa shape index (κ3) is 5.66. The van der Waals surface area contributed by atoms with Crippen LogP contribution in [-0.4, -0.2) is 51.0 Å². The summed E-state index contributed by atoms with van der Waals surface area (Å²) in [5, 5.41) is 42.4. The van der Waals surface area contributed by atoms with Crippen molar-refractivity contribution in [1.82, 2.24) is 0 Å². The van der Waals surface area contributed by atoms with Crippen LogP contribution in [0.4, 0.5) is 0 Å². The van der Waals surface area contributed by atoms with Crippen LogP contribution in [0, 0.1) is 11.8 Å². The molecule has 0 aromatic heterocycles. The lowest BCUT2D eigenvalue weighted by atomic mass is 9.86. The number of benzene rings is 2. The fourth-order valence-electron chi connectivity index (χ4n) is 4.96. The van der Waals surface area contributed by atoms with Gasteiger partial charge in [0.25, 0.3) is 6.29 Å². The molecule has 0 unspecified atom stereocenters. The van der Waals surface area contributed by atoms with Crippen molar-refractivity contribution in [3.05, 3.63) is 48.6 Å². The van der Waals surface area contributed by atoms with E-state index in [9.17, 15) is 20.1 Å². The number of fused-ring (bicyclic) bond motifs is 2. The Hall–Kier alpha value is -2.61. The zero-order valence-corrected chi connectivity index (χ0v) is 18.5. The molecule has 1 saturated carbocycles. The lowest BCUT2D eigenvalue weighted by Gasteiger charge is -2.24. The number of carboxylic acids is 1. The predicted molar refractivity (Wildman–Crippen MR) is 123 cm³/mol. The number of aliphatic hydroxyl groups excluding tert-OH is 3. The van der Waals surface area contributed by atoms with Crippen molar-refractivity contribution >= 4 is 16.7 Å². The number of rotatable bonds is 10. The molecule has 4 rings (SSSR count). The van der Waals surface area contributed by atoms with Crippen LogP contribution in [0.5, 0.6) is 11.5 Å². The normalized spacial score (nSPS) is 25.8. The molecule has 178 valence electrons. The highest BCUT2D eigenvalue weighted by atomic mass is 16.7. The second kappa shape index (κ2) is 10.5. The van der Waals surface area contributed by atoms with E-state index >= 15 is 0 Å². The maximum atomic E-state index is 10.7. The lowest BCUT2D eigenvalue weighted by molar-refractivity contribution is -0.137. The third-order valence-corrected chi connectivity index (χ3v) is 6.77. The summed E-state index contributed by atoms with van der Waals surface area (Å²) in [7, 11) is 0. The van der Waals surface area contributed by atoms with Crippen LogP contribution >= 0.6 is 0 Å². The summed E-state index contributed by atoms with van der Waals surface area (Å²) in [5.41, 5.74) is 0. The van der Waals surface area contributed by atoms with Crippen LogP contribution < -0.4 is 9.47 Å². The average molecular weight is 457 g/mol. The number of hydrogen-bond acceptors (Lipinski definition) is 6. The lowest BCUT2D eigenvalue weighted by Crippen LogP contribution is -2.34. The van der Waals surface area contributed by atoms with Crippen molar-refractivity contribution in [3.63, 3.8) is 0 Å². The van der Waals surface area contributed by atoms with E-state index in [4.69, 9.17) is 14.6 Å². The van der Waals surface area contributed by atoms with Gasteiger partial charge in [-0.25, -0.2) is 0 Å². The minimum atomic E-state index is -0.863. The molecule has 2 aromatic rings. The van der Waals surface area contributed by atoms with Gasteiger partial charge in [0.1, 0.15) is 6.10 Å². The third-order valence-electron chi connectivity index (χ3n) is 6.77. The van der Waals surface area contributed by atoms with Gasteiger partial charge in [-0.1, -0.05) is 36.4 Å². The Morgan fingerprint density at radius 1 is 1.03 bits per heavy atom. The molecule has 7 heteroatoms. The molecule has 0 amide bonds. The number of hydrogen-bond donors (Lipinski definition) is 4. The first-order chi connectivity index (χ1) is 15.9. The summed E-state index contributed by atoms with van der Waals surface area (Å²) in [6.45, 7) is 0. The fourth-order valence-corrected chi connectivity index (χ4v) is 4.96. The van der Waals surface area contributed by atoms with E-state index < -0.39 is 30.6 Å². The molecule has 4 N–H and O–H groups in total. The van der Waals surface area contributed by atoms with Crippen molar-refractivity contribution in [1.29, 1.82) is 0 Å². The van der Waals surface area contributed by atoms with Crippen LogP contribution in [0.2, 0.25) is 0 Å². The van der Waals surface area contributed by atoms with Gasteiger partial charge in [-0.15, -0.1) is 0 Å². The molecule has 0 saturated heterocycles. The van der Waals surface area contributed by atoms with Crippen molar-refractivity contribution < 1.29 is 34.7 Å². The molecule has 1 aliphatic heterocycles. The second-order valence-electron chi connectivity index (χ2n) is 9.09. The Morgan fingerprint density at radius 3 is 2.30 bits per heavy atom. The van der Waals surface area contributed by atoms with Gasteiger partial charge in [0.15, 0.2) is 11.5 Å². The number of unbranched alkanes of at least 4 members (excludes halogenated alkanes) is 1. The van der Waals surface area contributed by atoms with E-state index in [2.05, 4.69) is 0 Å². The fraction of sp³-hybridized carbons (Fsp3) is 0.500. The molecule has 1 aliphatic carbocycles. The molecule has 1 fully saturated rings. The monoisotopic (exact) mass is 456 g/mol. The predicted octanol–water partition coefficient (Wildman–Crippen LogP) is 3.64. The maximum Gasteiger partial charge on any atom is 0.303 e. The molecule has 7 nitrogen and oxygen atoms in total. The van der Waals surface area contributed by atoms with Crippen molar-refractivity contribution in [2.45, 2.75) is 69.5 Å². The molecule has 5 atom stereocenters. The molecule has 2 aromatic carbocycles. The average Bonchev–Trinajstić information content (AvgIpc) is 3.32.